The number of fused-ring (bicyclic) bond motifs is 14. The molecule has 210 valence electrons. The van der Waals surface area contributed by atoms with Crippen LogP contribution in [0.5, 0.6) is 0 Å². The van der Waals surface area contributed by atoms with E-state index in [0.29, 0.717) is 0 Å². The van der Waals surface area contributed by atoms with Crippen LogP contribution in [0.3, 0.4) is 0 Å². The number of benzene rings is 7. The summed E-state index contributed by atoms with van der Waals surface area (Å²) in [7, 11) is 0. The number of rotatable bonds is 1. The summed E-state index contributed by atoms with van der Waals surface area (Å²) in [5.74, 6) is 0. The third-order valence-electron chi connectivity index (χ3n) is 10.7. The Labute approximate surface area is 263 Å². The molecule has 1 nitrogen and oxygen atoms in total. The summed E-state index contributed by atoms with van der Waals surface area (Å²) in [4.78, 5) is 0. The van der Waals surface area contributed by atoms with Crippen molar-refractivity contribution in [3.05, 3.63) is 139 Å². The fourth-order valence-corrected chi connectivity index (χ4v) is 9.73. The zero-order valence-corrected chi connectivity index (χ0v) is 25.8. The molecule has 0 fully saturated rings. The van der Waals surface area contributed by atoms with E-state index in [0.717, 1.165) is 0 Å². The lowest BCUT2D eigenvalue weighted by Gasteiger charge is -2.21. The average Bonchev–Trinajstić information content (AvgIpc) is 3.78. The molecule has 10 aromatic rings. The molecule has 0 atom stereocenters. The second-order valence-corrected chi connectivity index (χ2v) is 14.4. The quantitative estimate of drug-likeness (QED) is 0.179. The maximum Gasteiger partial charge on any atom is 0.0620 e. The SMILES string of the molecule is CC1(C)c2ccccc2-c2cc(-c3ccc4c(c3)c3cccc5c6c7cc8sc9ccccc9c8cc7ccc6n4c35)ccc21. The predicted molar refractivity (Wildman–Crippen MR) is 194 cm³/mol. The van der Waals surface area contributed by atoms with Crippen LogP contribution in [-0.2, 0) is 5.41 Å². The van der Waals surface area contributed by atoms with E-state index >= 15 is 0 Å². The van der Waals surface area contributed by atoms with E-state index in [-0.39, 0.29) is 5.41 Å². The molecule has 1 aliphatic carbocycles. The summed E-state index contributed by atoms with van der Waals surface area (Å²) in [5.41, 5.74) is 12.0. The Kier molecular flexibility index (Phi) is 4.35. The van der Waals surface area contributed by atoms with Crippen LogP contribution in [0.15, 0.2) is 127 Å². The highest BCUT2D eigenvalue weighted by Gasteiger charge is 2.35. The van der Waals surface area contributed by atoms with Crippen molar-refractivity contribution in [1.82, 2.24) is 4.40 Å². The topological polar surface area (TPSA) is 4.41 Å². The Balaban J connectivity index is 1.16. The summed E-state index contributed by atoms with van der Waals surface area (Å²) in [6.07, 6.45) is 0. The zero-order chi connectivity index (χ0) is 29.6. The molecule has 7 aromatic carbocycles. The molecule has 0 N–H and O–H groups in total. The number of aromatic nitrogens is 1. The van der Waals surface area contributed by atoms with Gasteiger partial charge in [0.25, 0.3) is 0 Å². The molecule has 3 aromatic heterocycles. The van der Waals surface area contributed by atoms with E-state index in [1.54, 1.807) is 0 Å². The highest BCUT2D eigenvalue weighted by atomic mass is 32.1. The van der Waals surface area contributed by atoms with Crippen LogP contribution in [-0.4, -0.2) is 4.40 Å². The second-order valence-electron chi connectivity index (χ2n) is 13.3. The fourth-order valence-electron chi connectivity index (χ4n) is 8.60. The molecule has 0 saturated carbocycles. The molecular weight excluding hydrogens is 563 g/mol. The van der Waals surface area contributed by atoms with Crippen molar-refractivity contribution < 1.29 is 0 Å². The molecular formula is C43H27NS. The van der Waals surface area contributed by atoms with E-state index in [2.05, 4.69) is 146 Å². The molecule has 0 radical (unpaired) electrons. The van der Waals surface area contributed by atoms with Crippen LogP contribution >= 0.6 is 11.3 Å². The normalized spacial score (nSPS) is 14.2. The van der Waals surface area contributed by atoms with E-state index in [1.807, 2.05) is 11.3 Å². The van der Waals surface area contributed by atoms with Crippen molar-refractivity contribution in [2.75, 3.05) is 0 Å². The van der Waals surface area contributed by atoms with Crippen LogP contribution in [0.4, 0.5) is 0 Å². The predicted octanol–water partition coefficient (Wildman–Crippen LogP) is 12.3. The van der Waals surface area contributed by atoms with Crippen LogP contribution < -0.4 is 0 Å². The molecule has 0 aliphatic heterocycles. The van der Waals surface area contributed by atoms with Gasteiger partial charge in [-0.2, -0.15) is 0 Å². The lowest BCUT2D eigenvalue weighted by Crippen LogP contribution is -2.14. The summed E-state index contributed by atoms with van der Waals surface area (Å²) in [6.45, 7) is 4.70. The second kappa shape index (κ2) is 8.10. The number of hydrogen-bond acceptors (Lipinski definition) is 1. The van der Waals surface area contributed by atoms with Crippen molar-refractivity contribution in [1.29, 1.82) is 0 Å². The van der Waals surface area contributed by atoms with Gasteiger partial charge >= 0.3 is 0 Å². The van der Waals surface area contributed by atoms with Gasteiger partial charge < -0.3 is 4.40 Å². The van der Waals surface area contributed by atoms with Gasteiger partial charge in [-0.3, -0.25) is 0 Å². The van der Waals surface area contributed by atoms with E-state index in [9.17, 15) is 0 Å². The first-order chi connectivity index (χ1) is 22.1. The number of para-hydroxylation sites is 1. The molecule has 45 heavy (non-hydrogen) atoms. The van der Waals surface area contributed by atoms with E-state index in [4.69, 9.17) is 0 Å². The van der Waals surface area contributed by atoms with Gasteiger partial charge in [0, 0.05) is 47.1 Å². The Hall–Kier alpha value is -5.18. The van der Waals surface area contributed by atoms with Crippen molar-refractivity contribution in [2.45, 2.75) is 19.3 Å². The molecule has 1 aliphatic rings. The standard InChI is InChI=1S/C43H27NS/c1-43(2)35-12-5-3-8-27(35)32-20-24(14-17-36(32)43)25-15-18-37-33(21-25)29-10-7-11-30-41-31-23-40-34(28-9-4-6-13-39(28)45-40)22-26(31)16-19-38(41)44(37)42(29)30/h3-23H,1-2H3. The van der Waals surface area contributed by atoms with Gasteiger partial charge in [-0.05, 0) is 86.6 Å². The number of thiophene rings is 1. The molecule has 0 bridgehead atoms. The first kappa shape index (κ1) is 24.2. The minimum absolute atomic E-state index is 0.0234. The van der Waals surface area contributed by atoms with Gasteiger partial charge in [-0.1, -0.05) is 98.8 Å². The molecule has 0 spiro atoms. The first-order valence-electron chi connectivity index (χ1n) is 15.8. The summed E-state index contributed by atoms with van der Waals surface area (Å²) in [6, 6.07) is 48.2. The minimum Gasteiger partial charge on any atom is -0.308 e. The van der Waals surface area contributed by atoms with Crippen LogP contribution in [0.1, 0.15) is 25.0 Å². The Morgan fingerprint density at radius 3 is 2.20 bits per heavy atom. The molecule has 2 heteroatoms. The largest absolute Gasteiger partial charge is 0.308 e. The summed E-state index contributed by atoms with van der Waals surface area (Å²) < 4.78 is 5.22. The van der Waals surface area contributed by atoms with Crippen molar-refractivity contribution in [2.24, 2.45) is 0 Å². The highest BCUT2D eigenvalue weighted by molar-refractivity contribution is 7.25. The fraction of sp³-hybridized carbons (Fsp3) is 0.0698. The van der Waals surface area contributed by atoms with Crippen LogP contribution in [0.25, 0.3) is 91.3 Å². The first-order valence-corrected chi connectivity index (χ1v) is 16.6. The minimum atomic E-state index is 0.0234. The Morgan fingerprint density at radius 1 is 0.489 bits per heavy atom. The van der Waals surface area contributed by atoms with Crippen molar-refractivity contribution >= 4 is 80.4 Å². The average molecular weight is 590 g/mol. The molecule has 11 rings (SSSR count). The maximum absolute atomic E-state index is 2.51. The molecule has 3 heterocycles. The lowest BCUT2D eigenvalue weighted by atomic mass is 9.82. The Morgan fingerprint density at radius 2 is 1.24 bits per heavy atom. The third-order valence-corrected chi connectivity index (χ3v) is 11.8. The Bertz CT molecular complexity index is 2900. The number of nitrogens with zero attached hydrogens (tertiary/aromatic N) is 1. The van der Waals surface area contributed by atoms with Crippen molar-refractivity contribution in [3.8, 4) is 22.3 Å². The smallest absolute Gasteiger partial charge is 0.0620 e. The molecule has 0 amide bonds. The van der Waals surface area contributed by atoms with Gasteiger partial charge in [-0.25, -0.2) is 0 Å². The van der Waals surface area contributed by atoms with Crippen molar-refractivity contribution in [3.63, 3.8) is 0 Å². The van der Waals surface area contributed by atoms with E-state index < -0.39 is 0 Å². The maximum atomic E-state index is 2.51. The number of hydrogen-bond donors (Lipinski definition) is 0. The highest BCUT2D eigenvalue weighted by Crippen LogP contribution is 2.50. The third kappa shape index (κ3) is 2.94. The van der Waals surface area contributed by atoms with Gasteiger partial charge in [-0.15, -0.1) is 11.3 Å². The van der Waals surface area contributed by atoms with Gasteiger partial charge in [0.2, 0.25) is 0 Å². The van der Waals surface area contributed by atoms with Gasteiger partial charge in [0.1, 0.15) is 0 Å². The zero-order valence-electron chi connectivity index (χ0n) is 25.0. The lowest BCUT2D eigenvalue weighted by molar-refractivity contribution is 0.660. The van der Waals surface area contributed by atoms with Gasteiger partial charge in [0.15, 0.2) is 0 Å². The molecule has 0 unspecified atom stereocenters. The monoisotopic (exact) mass is 589 g/mol. The van der Waals surface area contributed by atoms with Crippen LogP contribution in [0, 0.1) is 0 Å². The summed E-state index contributed by atoms with van der Waals surface area (Å²) in [5, 5.41) is 10.7. The van der Waals surface area contributed by atoms with E-state index in [1.165, 1.54) is 102 Å². The van der Waals surface area contributed by atoms with Gasteiger partial charge in [0.05, 0.1) is 16.6 Å². The molecule has 0 saturated heterocycles. The summed E-state index contributed by atoms with van der Waals surface area (Å²) >= 11 is 1.90. The van der Waals surface area contributed by atoms with Crippen LogP contribution in [0.2, 0.25) is 0 Å².